The van der Waals surface area contributed by atoms with E-state index in [0.717, 1.165) is 19.3 Å². The second-order valence-corrected chi connectivity index (χ2v) is 7.23. The first kappa shape index (κ1) is 19.4. The first-order valence-corrected chi connectivity index (χ1v) is 8.95. The Morgan fingerprint density at radius 2 is 1.96 bits per heavy atom. The largest absolute Gasteiger partial charge is 0.465 e. The van der Waals surface area contributed by atoms with Gasteiger partial charge in [0.1, 0.15) is 0 Å². The summed E-state index contributed by atoms with van der Waals surface area (Å²) in [5, 5.41) is 19.4. The molecule has 6 nitrogen and oxygen atoms in total. The van der Waals surface area contributed by atoms with Crippen molar-refractivity contribution in [1.82, 2.24) is 0 Å². The lowest BCUT2D eigenvalue weighted by molar-refractivity contribution is -0.160. The third kappa shape index (κ3) is 5.02. The molecule has 136 valence electrons. The zero-order chi connectivity index (χ0) is 17.7. The van der Waals surface area contributed by atoms with E-state index in [4.69, 9.17) is 22.1 Å². The van der Waals surface area contributed by atoms with E-state index in [-0.39, 0.29) is 31.3 Å². The number of ether oxygens (including phenoxy) is 1. The van der Waals surface area contributed by atoms with Gasteiger partial charge in [0.2, 0.25) is 0 Å². The van der Waals surface area contributed by atoms with Gasteiger partial charge in [-0.3, -0.25) is 9.59 Å². The number of carbonyl (C=O) groups is 2. The first-order valence-electron chi connectivity index (χ1n) is 8.52. The van der Waals surface area contributed by atoms with Gasteiger partial charge in [-0.05, 0) is 31.8 Å². The molecule has 0 bridgehead atoms. The Morgan fingerprint density at radius 3 is 2.71 bits per heavy atom. The summed E-state index contributed by atoms with van der Waals surface area (Å²) in [6, 6.07) is -0.0699. The summed E-state index contributed by atoms with van der Waals surface area (Å²) in [5.41, 5.74) is 5.97. The van der Waals surface area contributed by atoms with Gasteiger partial charge in [0.25, 0.3) is 0 Å². The van der Waals surface area contributed by atoms with Crippen LogP contribution in [0.15, 0.2) is 12.2 Å². The van der Waals surface area contributed by atoms with Crippen LogP contribution in [0.3, 0.4) is 0 Å². The highest BCUT2D eigenvalue weighted by atomic mass is 35.5. The van der Waals surface area contributed by atoms with Crippen LogP contribution in [0.1, 0.15) is 38.5 Å². The van der Waals surface area contributed by atoms with E-state index in [1.165, 1.54) is 6.08 Å². The summed E-state index contributed by atoms with van der Waals surface area (Å²) < 4.78 is 5.27. The molecule has 0 radical (unpaired) electrons. The molecule has 6 atom stereocenters. The Labute approximate surface area is 147 Å². The molecule has 0 aromatic carbocycles. The fourth-order valence-electron chi connectivity index (χ4n) is 3.43. The molecule has 5 unspecified atom stereocenters. The van der Waals surface area contributed by atoms with Crippen molar-refractivity contribution >= 4 is 23.4 Å². The van der Waals surface area contributed by atoms with Crippen molar-refractivity contribution in [2.45, 2.75) is 62.2 Å². The molecule has 1 aliphatic heterocycles. The van der Waals surface area contributed by atoms with Gasteiger partial charge in [0.05, 0.1) is 30.1 Å². The van der Waals surface area contributed by atoms with E-state index in [9.17, 15) is 19.8 Å². The first-order chi connectivity index (χ1) is 11.4. The van der Waals surface area contributed by atoms with Gasteiger partial charge in [-0.15, -0.1) is 11.6 Å². The number of rotatable bonds is 0. The van der Waals surface area contributed by atoms with Gasteiger partial charge in [-0.2, -0.15) is 0 Å². The number of carbonyl (C=O) groups excluding carboxylic acids is 2. The van der Waals surface area contributed by atoms with Crippen LogP contribution >= 0.6 is 11.6 Å². The average molecular weight is 360 g/mol. The number of nitrogens with two attached hydrogens (primary N) is 1. The van der Waals surface area contributed by atoms with E-state index < -0.39 is 35.4 Å². The van der Waals surface area contributed by atoms with Crippen LogP contribution in [-0.2, 0) is 14.3 Å². The molecule has 1 saturated carbocycles. The Kier molecular flexibility index (Phi) is 7.22. The number of aliphatic hydroxyl groups is 2. The molecule has 1 aliphatic carbocycles. The van der Waals surface area contributed by atoms with Gasteiger partial charge in [0, 0.05) is 24.8 Å². The number of allylic oxidation sites excluding steroid dienone is 2. The van der Waals surface area contributed by atoms with Gasteiger partial charge < -0.3 is 20.7 Å². The fraction of sp³-hybridized carbons (Fsp3) is 0.765. The van der Waals surface area contributed by atoms with Gasteiger partial charge >= 0.3 is 5.97 Å². The van der Waals surface area contributed by atoms with Crippen LogP contribution in [0.2, 0.25) is 0 Å². The molecule has 0 saturated heterocycles. The summed E-state index contributed by atoms with van der Waals surface area (Å²) in [6.07, 6.45) is 4.19. The Morgan fingerprint density at radius 1 is 1.21 bits per heavy atom. The molecule has 0 aromatic rings. The maximum atomic E-state index is 12.4. The lowest BCUT2D eigenvalue weighted by atomic mass is 9.73. The van der Waals surface area contributed by atoms with Gasteiger partial charge in [-0.1, -0.05) is 6.08 Å². The quantitative estimate of drug-likeness (QED) is 0.438. The van der Waals surface area contributed by atoms with Crippen molar-refractivity contribution in [3.63, 3.8) is 0 Å². The molecule has 1 heterocycles. The molecule has 0 aromatic heterocycles. The van der Waals surface area contributed by atoms with Crippen molar-refractivity contribution in [1.29, 1.82) is 0 Å². The van der Waals surface area contributed by atoms with Crippen LogP contribution in [-0.4, -0.2) is 52.2 Å². The molecule has 24 heavy (non-hydrogen) atoms. The Bertz CT molecular complexity index is 484. The minimum atomic E-state index is -1.08. The fourth-order valence-corrected chi connectivity index (χ4v) is 3.78. The van der Waals surface area contributed by atoms with E-state index in [1.54, 1.807) is 6.08 Å². The number of halogens is 1. The average Bonchev–Trinajstić information content (AvgIpc) is 2.51. The number of hydrogen-bond acceptors (Lipinski definition) is 6. The highest BCUT2D eigenvalue weighted by molar-refractivity contribution is 6.21. The van der Waals surface area contributed by atoms with Crippen LogP contribution in [0.25, 0.3) is 0 Å². The number of ketones is 1. The Hall–Kier alpha value is -0.950. The lowest BCUT2D eigenvalue weighted by Crippen LogP contribution is -2.51. The van der Waals surface area contributed by atoms with Crippen LogP contribution in [0.5, 0.6) is 0 Å². The molecular weight excluding hydrogens is 334 g/mol. The summed E-state index contributed by atoms with van der Waals surface area (Å²) in [4.78, 5) is 24.6. The third-order valence-corrected chi connectivity index (χ3v) is 5.44. The monoisotopic (exact) mass is 359 g/mol. The van der Waals surface area contributed by atoms with E-state index >= 15 is 0 Å². The second-order valence-electron chi connectivity index (χ2n) is 6.72. The molecule has 0 spiro atoms. The standard InChI is InChI=1S/C17H26ClNO5/c18-16-12-8-11(20)5-3-1-2-4-10(19)6-7-24-17(23)15(12)13(21)9-14(16)22/h3,5,10,12-16,21-22H,1-2,4,6-9,19H2/b5-3+/t10-,12?,13?,14?,15?,16?/m1/s1. The van der Waals surface area contributed by atoms with E-state index in [2.05, 4.69) is 0 Å². The zero-order valence-electron chi connectivity index (χ0n) is 13.6. The Balaban J connectivity index is 2.20. The lowest BCUT2D eigenvalue weighted by Gasteiger charge is -2.39. The van der Waals surface area contributed by atoms with Crippen molar-refractivity contribution in [3.05, 3.63) is 12.2 Å². The summed E-state index contributed by atoms with van der Waals surface area (Å²) in [5.74, 6) is -2.32. The van der Waals surface area contributed by atoms with E-state index in [0.29, 0.717) is 6.42 Å². The predicted molar refractivity (Wildman–Crippen MR) is 89.4 cm³/mol. The van der Waals surface area contributed by atoms with Crippen LogP contribution in [0, 0.1) is 11.8 Å². The number of hydrogen-bond donors (Lipinski definition) is 3. The SMILES string of the molecule is N[C@@H]1CCC/C=C/C(=O)CC2C(Cl)C(O)CC(O)C2C(=O)OCC1. The minimum absolute atomic E-state index is 0.00192. The number of cyclic esters (lactones) is 1. The smallest absolute Gasteiger partial charge is 0.311 e. The highest BCUT2D eigenvalue weighted by Crippen LogP contribution is 2.37. The molecule has 2 aliphatic rings. The number of fused-ring (bicyclic) bond motifs is 1. The van der Waals surface area contributed by atoms with Crippen molar-refractivity contribution in [2.24, 2.45) is 17.6 Å². The summed E-state index contributed by atoms with van der Waals surface area (Å²) in [7, 11) is 0. The molecule has 2 rings (SSSR count). The maximum absolute atomic E-state index is 12.4. The third-order valence-electron chi connectivity index (χ3n) is 4.83. The topological polar surface area (TPSA) is 110 Å². The van der Waals surface area contributed by atoms with Crippen molar-refractivity contribution < 1.29 is 24.5 Å². The number of aliphatic hydroxyl groups excluding tert-OH is 2. The van der Waals surface area contributed by atoms with Crippen LogP contribution < -0.4 is 5.73 Å². The van der Waals surface area contributed by atoms with Crippen molar-refractivity contribution in [2.75, 3.05) is 6.61 Å². The second kappa shape index (κ2) is 8.94. The van der Waals surface area contributed by atoms with Gasteiger partial charge in [0.15, 0.2) is 5.78 Å². The van der Waals surface area contributed by atoms with E-state index in [1.807, 2.05) is 0 Å². The number of esters is 1. The molecule has 4 N–H and O–H groups in total. The normalized spacial score (nSPS) is 41.0. The molecule has 7 heteroatoms. The zero-order valence-corrected chi connectivity index (χ0v) is 14.4. The molecule has 1 fully saturated rings. The summed E-state index contributed by atoms with van der Waals surface area (Å²) in [6.45, 7) is 0.176. The van der Waals surface area contributed by atoms with Gasteiger partial charge in [-0.25, -0.2) is 0 Å². The number of alkyl halides is 1. The molecular formula is C17H26ClNO5. The molecule has 0 amide bonds. The van der Waals surface area contributed by atoms with Crippen LogP contribution in [0.4, 0.5) is 0 Å². The minimum Gasteiger partial charge on any atom is -0.465 e. The highest BCUT2D eigenvalue weighted by Gasteiger charge is 2.47. The predicted octanol–water partition coefficient (Wildman–Crippen LogP) is 0.912. The maximum Gasteiger partial charge on any atom is 0.311 e. The van der Waals surface area contributed by atoms with Crippen molar-refractivity contribution in [3.8, 4) is 0 Å². The summed E-state index contributed by atoms with van der Waals surface area (Å²) >= 11 is 6.25.